The highest BCUT2D eigenvalue weighted by molar-refractivity contribution is 5.91. The number of phenols is 2. The van der Waals surface area contributed by atoms with Gasteiger partial charge < -0.3 is 10.2 Å². The normalized spacial score (nSPS) is 9.00. The molecule has 0 bridgehead atoms. The van der Waals surface area contributed by atoms with E-state index in [-0.39, 0.29) is 11.5 Å². The van der Waals surface area contributed by atoms with Crippen LogP contribution in [0.2, 0.25) is 0 Å². The number of aryl methyl sites for hydroxylation is 2. The number of benzene rings is 1. The molecule has 0 unspecified atom stereocenters. The predicted octanol–water partition coefficient (Wildman–Crippen LogP) is 3.44. The summed E-state index contributed by atoms with van der Waals surface area (Å²) in [5.74, 6) is -0.116. The molecule has 0 fully saturated rings. The first-order valence-electron chi connectivity index (χ1n) is 6.40. The highest BCUT2D eigenvalue weighted by Crippen LogP contribution is 2.34. The topological polar surface area (TPSA) is 44.3 Å². The van der Waals surface area contributed by atoms with Crippen LogP contribution in [-0.2, 0) is 7.05 Å². The molecular formula is C15H24NO2+. The monoisotopic (exact) mass is 250 g/mol. The van der Waals surface area contributed by atoms with Crippen LogP contribution in [0.4, 0.5) is 0 Å². The number of hydrogen-bond acceptors (Lipinski definition) is 2. The van der Waals surface area contributed by atoms with Gasteiger partial charge in [0.1, 0.15) is 7.05 Å². The lowest BCUT2D eigenvalue weighted by molar-refractivity contribution is -0.670. The number of fused-ring (bicyclic) bond motifs is 1. The largest absolute Gasteiger partial charge is 0.504 e. The summed E-state index contributed by atoms with van der Waals surface area (Å²) in [5.41, 5.74) is 0.943. The molecule has 0 radical (unpaired) electrons. The number of rotatable bonds is 0. The van der Waals surface area contributed by atoms with Crippen molar-refractivity contribution in [2.45, 2.75) is 34.6 Å². The van der Waals surface area contributed by atoms with Crippen LogP contribution in [-0.4, -0.2) is 10.2 Å². The third kappa shape index (κ3) is 3.36. The Kier molecular flexibility index (Phi) is 6.79. The van der Waals surface area contributed by atoms with Gasteiger partial charge in [0.15, 0.2) is 23.9 Å². The zero-order chi connectivity index (χ0) is 14.3. The molecule has 3 nitrogen and oxygen atoms in total. The van der Waals surface area contributed by atoms with Crippen molar-refractivity contribution < 1.29 is 14.8 Å². The quantitative estimate of drug-likeness (QED) is 0.555. The summed E-state index contributed by atoms with van der Waals surface area (Å²) < 4.78 is 1.92. The Morgan fingerprint density at radius 2 is 1.50 bits per heavy atom. The fourth-order valence-electron chi connectivity index (χ4n) is 1.74. The predicted molar refractivity (Wildman–Crippen MR) is 75.9 cm³/mol. The summed E-state index contributed by atoms with van der Waals surface area (Å²) in [6.45, 7) is 9.90. The molecule has 0 aliphatic rings. The smallest absolute Gasteiger partial charge is 0.176 e. The van der Waals surface area contributed by atoms with Gasteiger partial charge in [-0.25, -0.2) is 4.57 Å². The van der Waals surface area contributed by atoms with E-state index in [0.717, 1.165) is 10.9 Å². The van der Waals surface area contributed by atoms with E-state index >= 15 is 0 Å². The van der Waals surface area contributed by atoms with Crippen molar-refractivity contribution in [1.29, 1.82) is 0 Å². The van der Waals surface area contributed by atoms with Crippen LogP contribution < -0.4 is 4.57 Å². The Labute approximate surface area is 109 Å². The minimum absolute atomic E-state index is 0.0411. The van der Waals surface area contributed by atoms with Gasteiger partial charge in [-0.2, -0.15) is 0 Å². The molecule has 2 N–H and O–H groups in total. The second-order valence-corrected chi connectivity index (χ2v) is 3.50. The van der Waals surface area contributed by atoms with Crippen molar-refractivity contribution in [2.24, 2.45) is 7.05 Å². The van der Waals surface area contributed by atoms with Gasteiger partial charge >= 0.3 is 0 Å². The summed E-state index contributed by atoms with van der Waals surface area (Å²) >= 11 is 0. The van der Waals surface area contributed by atoms with Gasteiger partial charge in [0.05, 0.1) is 0 Å². The highest BCUT2D eigenvalue weighted by atomic mass is 16.3. The van der Waals surface area contributed by atoms with Crippen molar-refractivity contribution in [3.8, 4) is 11.5 Å². The fourth-order valence-corrected chi connectivity index (χ4v) is 1.74. The first-order valence-corrected chi connectivity index (χ1v) is 6.40. The number of aromatic hydroxyl groups is 2. The summed E-state index contributed by atoms with van der Waals surface area (Å²) in [7, 11) is 1.93. The zero-order valence-corrected chi connectivity index (χ0v) is 12.2. The lowest BCUT2D eigenvalue weighted by Gasteiger charge is -2.04. The van der Waals surface area contributed by atoms with Crippen LogP contribution in [0.25, 0.3) is 10.8 Å². The van der Waals surface area contributed by atoms with Crippen molar-refractivity contribution in [2.75, 3.05) is 0 Å². The molecule has 0 aliphatic carbocycles. The van der Waals surface area contributed by atoms with Gasteiger partial charge in [-0.15, -0.1) is 0 Å². The number of pyridine rings is 1. The molecule has 0 spiro atoms. The van der Waals surface area contributed by atoms with Crippen molar-refractivity contribution in [1.82, 2.24) is 0 Å². The Bertz CT molecular complexity index is 507. The highest BCUT2D eigenvalue weighted by Gasteiger charge is 2.11. The van der Waals surface area contributed by atoms with Crippen molar-refractivity contribution >= 4 is 10.8 Å². The molecule has 1 heterocycles. The molecule has 0 amide bonds. The Morgan fingerprint density at radius 3 is 2.06 bits per heavy atom. The number of aromatic nitrogens is 1. The maximum absolute atomic E-state index is 9.67. The maximum Gasteiger partial charge on any atom is 0.176 e. The molecule has 2 rings (SSSR count). The standard InChI is InChI=1S/C11H11NO2.2C2H6/c1-7-5-12(2)6-8-3-4-9(13)11(14)10(7)8;2*1-2/h3-6,14H,1-2H3;2*1-2H3/p+1. The van der Waals surface area contributed by atoms with Gasteiger partial charge in [0.2, 0.25) is 0 Å². The molecule has 0 saturated heterocycles. The van der Waals surface area contributed by atoms with E-state index in [9.17, 15) is 10.2 Å². The molecule has 0 saturated carbocycles. The van der Waals surface area contributed by atoms with Gasteiger partial charge in [-0.05, 0) is 19.1 Å². The van der Waals surface area contributed by atoms with E-state index in [0.29, 0.717) is 5.39 Å². The Morgan fingerprint density at radius 1 is 0.944 bits per heavy atom. The molecule has 1 aromatic carbocycles. The van der Waals surface area contributed by atoms with Crippen LogP contribution in [0, 0.1) is 6.92 Å². The van der Waals surface area contributed by atoms with E-state index in [1.165, 1.54) is 6.07 Å². The van der Waals surface area contributed by atoms with Crippen LogP contribution in [0.15, 0.2) is 24.5 Å². The first-order chi connectivity index (χ1) is 8.59. The van der Waals surface area contributed by atoms with Gasteiger partial charge in [0.25, 0.3) is 0 Å². The second-order valence-electron chi connectivity index (χ2n) is 3.50. The third-order valence-corrected chi connectivity index (χ3v) is 2.32. The molecule has 18 heavy (non-hydrogen) atoms. The third-order valence-electron chi connectivity index (χ3n) is 2.32. The summed E-state index contributed by atoms with van der Waals surface area (Å²) in [6.07, 6.45) is 3.81. The van der Waals surface area contributed by atoms with Crippen LogP contribution in [0.5, 0.6) is 11.5 Å². The maximum atomic E-state index is 9.67. The average molecular weight is 250 g/mol. The molecule has 100 valence electrons. The van der Waals surface area contributed by atoms with Crippen molar-refractivity contribution in [3.63, 3.8) is 0 Å². The second kappa shape index (κ2) is 7.54. The minimum Gasteiger partial charge on any atom is -0.504 e. The summed E-state index contributed by atoms with van der Waals surface area (Å²) in [4.78, 5) is 0. The molecular weight excluding hydrogens is 226 g/mol. The van der Waals surface area contributed by atoms with E-state index in [2.05, 4.69) is 0 Å². The lowest BCUT2D eigenvalue weighted by Crippen LogP contribution is -2.26. The van der Waals surface area contributed by atoms with Crippen LogP contribution in [0.1, 0.15) is 33.3 Å². The summed E-state index contributed by atoms with van der Waals surface area (Å²) in [6, 6.07) is 3.29. The minimum atomic E-state index is -0.0746. The molecule has 1 aromatic heterocycles. The van der Waals surface area contributed by atoms with E-state index in [4.69, 9.17) is 0 Å². The van der Waals surface area contributed by atoms with E-state index < -0.39 is 0 Å². The number of hydrogen-bond donors (Lipinski definition) is 2. The van der Waals surface area contributed by atoms with E-state index in [1.807, 2.05) is 58.6 Å². The molecule has 0 aliphatic heterocycles. The summed E-state index contributed by atoms with van der Waals surface area (Å²) in [5, 5.41) is 20.7. The van der Waals surface area contributed by atoms with E-state index in [1.54, 1.807) is 6.07 Å². The molecule has 2 aromatic rings. The lowest BCUT2D eigenvalue weighted by atomic mass is 10.1. The van der Waals surface area contributed by atoms with Gasteiger partial charge in [0, 0.05) is 16.3 Å². The van der Waals surface area contributed by atoms with Crippen LogP contribution >= 0.6 is 0 Å². The van der Waals surface area contributed by atoms with Gasteiger partial charge in [-0.1, -0.05) is 27.7 Å². The molecule has 3 heteroatoms. The fraction of sp³-hybridized carbons (Fsp3) is 0.400. The number of nitrogens with zero attached hydrogens (tertiary/aromatic N) is 1. The first kappa shape index (κ1) is 16.2. The van der Waals surface area contributed by atoms with Crippen molar-refractivity contribution in [3.05, 3.63) is 30.1 Å². The SMILES string of the molecule is CC.CC.Cc1c[n+](C)cc2ccc(O)c(O)c12. The van der Waals surface area contributed by atoms with Crippen LogP contribution in [0.3, 0.4) is 0 Å². The Hall–Kier alpha value is -1.77. The number of phenolic OH excluding ortho intramolecular Hbond substituents is 2. The molecule has 0 atom stereocenters. The Balaban J connectivity index is 0.000000659. The average Bonchev–Trinajstić information content (AvgIpc) is 2.38. The zero-order valence-electron chi connectivity index (χ0n) is 12.2. The van der Waals surface area contributed by atoms with Gasteiger partial charge in [-0.3, -0.25) is 0 Å².